The Morgan fingerprint density at radius 1 is 0.333 bits per heavy atom. The molecule has 4 nitrogen and oxygen atoms in total. The van der Waals surface area contributed by atoms with Crippen molar-refractivity contribution in [1.29, 1.82) is 5.26 Å². The van der Waals surface area contributed by atoms with Crippen LogP contribution in [0.3, 0.4) is 0 Å². The van der Waals surface area contributed by atoms with Crippen molar-refractivity contribution in [1.82, 2.24) is 15.0 Å². The lowest BCUT2D eigenvalue weighted by atomic mass is 9.67. The van der Waals surface area contributed by atoms with Crippen molar-refractivity contribution in [3.63, 3.8) is 0 Å². The standard InChI is InChI=1S/C53H34N4/c54-35-36-28-30-38(31-29-36)45-34-49-46(44-26-13-14-27-48(44)53(49,42-22-9-3-10-23-42)43-24-11-4-12-25-43)33-47(45)52-56-50(39-18-7-2-8-19-39)55-51(57-52)41-21-15-20-40(32-41)37-16-5-1-6-17-37/h1-34H. The molecule has 0 radical (unpaired) electrons. The monoisotopic (exact) mass is 726 g/mol. The van der Waals surface area contributed by atoms with Crippen molar-refractivity contribution in [2.24, 2.45) is 0 Å². The molecule has 0 saturated heterocycles. The summed E-state index contributed by atoms with van der Waals surface area (Å²) in [4.78, 5) is 15.7. The molecule has 8 aromatic carbocycles. The van der Waals surface area contributed by atoms with E-state index in [0.29, 0.717) is 23.0 Å². The summed E-state index contributed by atoms with van der Waals surface area (Å²) in [6.07, 6.45) is 0. The first-order chi connectivity index (χ1) is 28.2. The molecule has 1 aliphatic carbocycles. The molecule has 1 aromatic heterocycles. The van der Waals surface area contributed by atoms with E-state index in [1.807, 2.05) is 60.7 Å². The maximum Gasteiger partial charge on any atom is 0.164 e. The highest BCUT2D eigenvalue weighted by atomic mass is 15.0. The second-order valence-corrected chi connectivity index (χ2v) is 14.3. The van der Waals surface area contributed by atoms with Crippen LogP contribution in [0.1, 0.15) is 27.8 Å². The van der Waals surface area contributed by atoms with Gasteiger partial charge in [-0.1, -0.05) is 176 Å². The number of hydrogen-bond acceptors (Lipinski definition) is 4. The Labute approximate surface area is 332 Å². The summed E-state index contributed by atoms with van der Waals surface area (Å²) in [5.41, 5.74) is 13.9. The highest BCUT2D eigenvalue weighted by molar-refractivity contribution is 5.94. The summed E-state index contributed by atoms with van der Waals surface area (Å²) in [6.45, 7) is 0. The topological polar surface area (TPSA) is 62.5 Å². The second kappa shape index (κ2) is 14.2. The zero-order chi connectivity index (χ0) is 38.2. The molecule has 10 rings (SSSR count). The fourth-order valence-electron chi connectivity index (χ4n) is 8.45. The minimum atomic E-state index is -0.592. The third-order valence-electron chi connectivity index (χ3n) is 11.1. The lowest BCUT2D eigenvalue weighted by Crippen LogP contribution is -2.28. The molecule has 4 heteroatoms. The van der Waals surface area contributed by atoms with Gasteiger partial charge in [0.25, 0.3) is 0 Å². The Kier molecular flexibility index (Phi) is 8.39. The highest BCUT2D eigenvalue weighted by Crippen LogP contribution is 2.57. The largest absolute Gasteiger partial charge is 0.208 e. The molecule has 0 saturated carbocycles. The van der Waals surface area contributed by atoms with Gasteiger partial charge < -0.3 is 0 Å². The van der Waals surface area contributed by atoms with E-state index in [2.05, 4.69) is 152 Å². The predicted molar refractivity (Wildman–Crippen MR) is 229 cm³/mol. The molecule has 0 unspecified atom stereocenters. The molecule has 0 aliphatic heterocycles. The summed E-state index contributed by atoms with van der Waals surface area (Å²) in [6, 6.07) is 74.0. The number of hydrogen-bond donors (Lipinski definition) is 0. The molecular formula is C53H34N4. The van der Waals surface area contributed by atoms with Crippen LogP contribution >= 0.6 is 0 Å². The van der Waals surface area contributed by atoms with Crippen molar-refractivity contribution < 1.29 is 0 Å². The minimum Gasteiger partial charge on any atom is -0.208 e. The van der Waals surface area contributed by atoms with Crippen LogP contribution in [0.2, 0.25) is 0 Å². The third-order valence-corrected chi connectivity index (χ3v) is 11.1. The van der Waals surface area contributed by atoms with Crippen LogP contribution in [0.5, 0.6) is 0 Å². The minimum absolute atomic E-state index is 0.570. The normalized spacial score (nSPS) is 12.3. The summed E-state index contributed by atoms with van der Waals surface area (Å²) < 4.78 is 0. The Bertz CT molecular complexity index is 2900. The van der Waals surface area contributed by atoms with E-state index in [9.17, 15) is 5.26 Å². The quantitative estimate of drug-likeness (QED) is 0.164. The highest BCUT2D eigenvalue weighted by Gasteiger charge is 2.46. The van der Waals surface area contributed by atoms with Gasteiger partial charge in [-0.3, -0.25) is 0 Å². The van der Waals surface area contributed by atoms with Crippen LogP contribution in [0.15, 0.2) is 206 Å². The summed E-state index contributed by atoms with van der Waals surface area (Å²) in [7, 11) is 0. The van der Waals surface area contributed by atoms with E-state index in [4.69, 9.17) is 15.0 Å². The van der Waals surface area contributed by atoms with Gasteiger partial charge in [0.2, 0.25) is 0 Å². The van der Waals surface area contributed by atoms with Gasteiger partial charge in [-0.05, 0) is 86.0 Å². The zero-order valence-corrected chi connectivity index (χ0v) is 30.9. The van der Waals surface area contributed by atoms with Gasteiger partial charge in [-0.25, -0.2) is 15.0 Å². The van der Waals surface area contributed by atoms with Crippen molar-refractivity contribution >= 4 is 0 Å². The van der Waals surface area contributed by atoms with Crippen molar-refractivity contribution in [3.8, 4) is 73.6 Å². The summed E-state index contributed by atoms with van der Waals surface area (Å²) >= 11 is 0. The van der Waals surface area contributed by atoms with Crippen molar-refractivity contribution in [2.75, 3.05) is 0 Å². The fraction of sp³-hybridized carbons (Fsp3) is 0.0189. The Morgan fingerprint density at radius 2 is 0.860 bits per heavy atom. The predicted octanol–water partition coefficient (Wildman–Crippen LogP) is 12.4. The Hall–Kier alpha value is -7.74. The molecule has 0 N–H and O–H groups in total. The number of rotatable bonds is 7. The van der Waals surface area contributed by atoms with Gasteiger partial charge in [0.15, 0.2) is 17.5 Å². The molecule has 9 aromatic rings. The molecule has 1 aliphatic rings. The average molecular weight is 727 g/mol. The van der Waals surface area contributed by atoms with Crippen LogP contribution in [0.4, 0.5) is 0 Å². The first-order valence-electron chi connectivity index (χ1n) is 19.1. The molecule has 0 spiro atoms. The maximum atomic E-state index is 9.77. The number of nitrogens with zero attached hydrogens (tertiary/aromatic N) is 4. The number of nitriles is 1. The van der Waals surface area contributed by atoms with Gasteiger partial charge >= 0.3 is 0 Å². The third kappa shape index (κ3) is 5.82. The smallest absolute Gasteiger partial charge is 0.164 e. The van der Waals surface area contributed by atoms with Crippen LogP contribution in [0, 0.1) is 11.3 Å². The van der Waals surface area contributed by atoms with E-state index in [0.717, 1.165) is 44.5 Å². The summed E-state index contributed by atoms with van der Waals surface area (Å²) in [5.74, 6) is 1.75. The molecule has 0 bridgehead atoms. The molecule has 0 atom stereocenters. The SMILES string of the molecule is N#Cc1ccc(-c2cc3c(cc2-c2nc(-c4ccccc4)nc(-c4cccc(-c5ccccc5)c4)n2)-c2ccccc2C3(c2ccccc2)c2ccccc2)cc1. The van der Waals surface area contributed by atoms with Gasteiger partial charge in [0, 0.05) is 16.7 Å². The lowest BCUT2D eigenvalue weighted by Gasteiger charge is -2.34. The molecule has 266 valence electrons. The average Bonchev–Trinajstić information content (AvgIpc) is 3.60. The van der Waals surface area contributed by atoms with E-state index in [1.165, 1.54) is 27.8 Å². The van der Waals surface area contributed by atoms with Crippen LogP contribution < -0.4 is 0 Å². The van der Waals surface area contributed by atoms with Gasteiger partial charge in [-0.15, -0.1) is 0 Å². The molecular weight excluding hydrogens is 693 g/mol. The molecule has 0 amide bonds. The van der Waals surface area contributed by atoms with E-state index in [-0.39, 0.29) is 0 Å². The summed E-state index contributed by atoms with van der Waals surface area (Å²) in [5, 5.41) is 9.77. The van der Waals surface area contributed by atoms with E-state index in [1.54, 1.807) is 0 Å². The van der Waals surface area contributed by atoms with Crippen molar-refractivity contribution in [3.05, 3.63) is 234 Å². The van der Waals surface area contributed by atoms with Crippen LogP contribution in [-0.2, 0) is 5.41 Å². The van der Waals surface area contributed by atoms with Crippen LogP contribution in [0.25, 0.3) is 67.5 Å². The Morgan fingerprint density at radius 3 is 1.51 bits per heavy atom. The lowest BCUT2D eigenvalue weighted by molar-refractivity contribution is 0.769. The number of benzene rings is 8. The van der Waals surface area contributed by atoms with Crippen molar-refractivity contribution in [2.45, 2.75) is 5.41 Å². The molecule has 1 heterocycles. The van der Waals surface area contributed by atoms with Gasteiger partial charge in [-0.2, -0.15) is 5.26 Å². The number of fused-ring (bicyclic) bond motifs is 3. The first kappa shape index (κ1) is 33.8. The van der Waals surface area contributed by atoms with Crippen LogP contribution in [-0.4, -0.2) is 15.0 Å². The number of aromatic nitrogens is 3. The first-order valence-corrected chi connectivity index (χ1v) is 19.1. The van der Waals surface area contributed by atoms with Gasteiger partial charge in [0.1, 0.15) is 0 Å². The van der Waals surface area contributed by atoms with E-state index < -0.39 is 5.41 Å². The fourth-order valence-corrected chi connectivity index (χ4v) is 8.45. The van der Waals surface area contributed by atoms with E-state index >= 15 is 0 Å². The molecule has 0 fully saturated rings. The molecule has 57 heavy (non-hydrogen) atoms. The van der Waals surface area contributed by atoms with Gasteiger partial charge in [0.05, 0.1) is 17.0 Å². The second-order valence-electron chi connectivity index (χ2n) is 14.3. The zero-order valence-electron chi connectivity index (χ0n) is 30.9. The Balaban J connectivity index is 1.28. The maximum absolute atomic E-state index is 9.77.